The van der Waals surface area contributed by atoms with E-state index in [2.05, 4.69) is 0 Å². The van der Waals surface area contributed by atoms with Gasteiger partial charge < -0.3 is 4.18 Å². The zero-order valence-electron chi connectivity index (χ0n) is 8.96. The third-order valence-electron chi connectivity index (χ3n) is 2.76. The van der Waals surface area contributed by atoms with Gasteiger partial charge in [0.15, 0.2) is 5.75 Å². The van der Waals surface area contributed by atoms with E-state index in [1.165, 1.54) is 0 Å². The lowest BCUT2D eigenvalue weighted by atomic mass is 10.0. The molecule has 0 spiro atoms. The predicted octanol–water partition coefficient (Wildman–Crippen LogP) is 2.62. The molecule has 0 radical (unpaired) electrons. The largest absolute Gasteiger partial charge is 0.378 e. The maximum absolute atomic E-state index is 11.6. The second kappa shape index (κ2) is 3.60. The van der Waals surface area contributed by atoms with Gasteiger partial charge >= 0.3 is 10.1 Å². The van der Waals surface area contributed by atoms with E-state index in [0.717, 1.165) is 21.7 Å². The Labute approximate surface area is 99.5 Å². The first-order valence-corrected chi connectivity index (χ1v) is 6.74. The molecule has 0 aliphatic carbocycles. The van der Waals surface area contributed by atoms with E-state index in [4.69, 9.17) is 4.18 Å². The topological polar surface area (TPSA) is 43.4 Å². The Balaban J connectivity index is 2.34. The first kappa shape index (κ1) is 10.4. The highest BCUT2D eigenvalue weighted by atomic mass is 32.2. The van der Waals surface area contributed by atoms with Crippen LogP contribution in [0.4, 0.5) is 0 Å². The molecule has 2 aromatic rings. The molecule has 0 N–H and O–H groups in total. The van der Waals surface area contributed by atoms with Gasteiger partial charge in [-0.2, -0.15) is 8.42 Å². The summed E-state index contributed by atoms with van der Waals surface area (Å²) in [7, 11) is -3.60. The minimum atomic E-state index is -3.60. The molecule has 0 aromatic heterocycles. The third kappa shape index (κ3) is 1.80. The van der Waals surface area contributed by atoms with Crippen LogP contribution in [0.3, 0.4) is 0 Å². The van der Waals surface area contributed by atoms with Crippen LogP contribution in [0.1, 0.15) is 5.56 Å². The average Bonchev–Trinajstić information content (AvgIpc) is 2.46. The number of hydrogen-bond donors (Lipinski definition) is 0. The zero-order valence-corrected chi connectivity index (χ0v) is 9.78. The third-order valence-corrected chi connectivity index (χ3v) is 3.69. The SMILES string of the molecule is O=S1(=O)C=CCc2ccc3ccccc3c2O1. The Morgan fingerprint density at radius 1 is 1.06 bits per heavy atom. The molecule has 1 aliphatic rings. The molecule has 0 unspecified atom stereocenters. The van der Waals surface area contributed by atoms with E-state index in [1.807, 2.05) is 36.4 Å². The van der Waals surface area contributed by atoms with E-state index in [0.29, 0.717) is 12.2 Å². The van der Waals surface area contributed by atoms with Crippen molar-refractivity contribution in [3.8, 4) is 5.75 Å². The Kier molecular flexibility index (Phi) is 2.19. The van der Waals surface area contributed by atoms with Crippen molar-refractivity contribution in [2.45, 2.75) is 6.42 Å². The van der Waals surface area contributed by atoms with Gasteiger partial charge in [0.05, 0.1) is 5.41 Å². The highest BCUT2D eigenvalue weighted by Gasteiger charge is 2.17. The lowest BCUT2D eigenvalue weighted by molar-refractivity contribution is 0.498. The van der Waals surface area contributed by atoms with Crippen molar-refractivity contribution < 1.29 is 12.6 Å². The molecule has 3 nitrogen and oxygen atoms in total. The summed E-state index contributed by atoms with van der Waals surface area (Å²) in [5.41, 5.74) is 0.890. The molecule has 0 saturated heterocycles. The molecule has 0 fully saturated rings. The molecule has 2 aromatic carbocycles. The van der Waals surface area contributed by atoms with Crippen molar-refractivity contribution in [1.82, 2.24) is 0 Å². The Hall–Kier alpha value is -1.81. The fourth-order valence-electron chi connectivity index (χ4n) is 1.98. The van der Waals surface area contributed by atoms with Gasteiger partial charge in [-0.05, 0) is 11.8 Å². The first-order valence-electron chi connectivity index (χ1n) is 5.27. The van der Waals surface area contributed by atoms with Gasteiger partial charge in [0.2, 0.25) is 0 Å². The van der Waals surface area contributed by atoms with Crippen LogP contribution < -0.4 is 4.18 Å². The predicted molar refractivity (Wildman–Crippen MR) is 66.3 cm³/mol. The van der Waals surface area contributed by atoms with Gasteiger partial charge in [-0.25, -0.2) is 0 Å². The number of rotatable bonds is 0. The van der Waals surface area contributed by atoms with Crippen molar-refractivity contribution in [1.29, 1.82) is 0 Å². The van der Waals surface area contributed by atoms with Crippen LogP contribution in [0.5, 0.6) is 5.75 Å². The first-order chi connectivity index (χ1) is 8.16. The number of allylic oxidation sites excluding steroid dienone is 1. The van der Waals surface area contributed by atoms with E-state index >= 15 is 0 Å². The monoisotopic (exact) mass is 246 g/mol. The number of hydrogen-bond acceptors (Lipinski definition) is 3. The van der Waals surface area contributed by atoms with Crippen LogP contribution in [0.25, 0.3) is 10.8 Å². The van der Waals surface area contributed by atoms with Crippen LogP contribution in [0.2, 0.25) is 0 Å². The van der Waals surface area contributed by atoms with Crippen LogP contribution in [0.15, 0.2) is 47.9 Å². The van der Waals surface area contributed by atoms with Crippen molar-refractivity contribution in [3.63, 3.8) is 0 Å². The summed E-state index contributed by atoms with van der Waals surface area (Å²) < 4.78 is 28.3. The quantitative estimate of drug-likeness (QED) is 0.671. The maximum Gasteiger partial charge on any atom is 0.331 e. The summed E-state index contributed by atoms with van der Waals surface area (Å²) in [5.74, 6) is 0.452. The Bertz CT molecular complexity index is 715. The van der Waals surface area contributed by atoms with Gasteiger partial charge in [0, 0.05) is 10.9 Å². The Morgan fingerprint density at radius 3 is 2.76 bits per heavy atom. The summed E-state index contributed by atoms with van der Waals surface area (Å²) in [6.45, 7) is 0. The molecule has 0 saturated carbocycles. The van der Waals surface area contributed by atoms with Gasteiger partial charge in [0.25, 0.3) is 0 Å². The minimum absolute atomic E-state index is 0.452. The molecular weight excluding hydrogens is 236 g/mol. The van der Waals surface area contributed by atoms with Gasteiger partial charge in [-0.1, -0.05) is 42.5 Å². The molecule has 0 atom stereocenters. The highest BCUT2D eigenvalue weighted by Crippen LogP contribution is 2.33. The fraction of sp³-hybridized carbons (Fsp3) is 0.0769. The summed E-state index contributed by atoms with van der Waals surface area (Å²) >= 11 is 0. The molecular formula is C13H10O3S. The summed E-state index contributed by atoms with van der Waals surface area (Å²) in [4.78, 5) is 0. The van der Waals surface area contributed by atoms with Crippen molar-refractivity contribution in [2.24, 2.45) is 0 Å². The van der Waals surface area contributed by atoms with Crippen molar-refractivity contribution in [3.05, 3.63) is 53.4 Å². The molecule has 0 amide bonds. The summed E-state index contributed by atoms with van der Waals surface area (Å²) in [5, 5.41) is 2.92. The van der Waals surface area contributed by atoms with Crippen molar-refractivity contribution >= 4 is 20.9 Å². The van der Waals surface area contributed by atoms with Crippen LogP contribution >= 0.6 is 0 Å². The molecule has 3 rings (SSSR count). The lowest BCUT2D eigenvalue weighted by Gasteiger charge is -2.09. The number of benzene rings is 2. The van der Waals surface area contributed by atoms with E-state index in [-0.39, 0.29) is 0 Å². The molecule has 0 bridgehead atoms. The van der Waals surface area contributed by atoms with Crippen LogP contribution in [0, 0.1) is 0 Å². The van der Waals surface area contributed by atoms with E-state index in [9.17, 15) is 8.42 Å². The van der Waals surface area contributed by atoms with Gasteiger partial charge in [-0.3, -0.25) is 0 Å². The van der Waals surface area contributed by atoms with Crippen molar-refractivity contribution in [2.75, 3.05) is 0 Å². The Morgan fingerprint density at radius 2 is 1.88 bits per heavy atom. The fourth-order valence-corrected chi connectivity index (χ4v) is 2.80. The van der Waals surface area contributed by atoms with E-state index < -0.39 is 10.1 Å². The summed E-state index contributed by atoms with van der Waals surface area (Å²) in [6, 6.07) is 11.5. The van der Waals surface area contributed by atoms with Crippen LogP contribution in [-0.4, -0.2) is 8.42 Å². The lowest BCUT2D eigenvalue weighted by Crippen LogP contribution is -2.05. The van der Waals surface area contributed by atoms with Crippen LogP contribution in [-0.2, 0) is 16.5 Å². The second-order valence-electron chi connectivity index (χ2n) is 3.93. The molecule has 86 valence electrons. The van der Waals surface area contributed by atoms with E-state index in [1.54, 1.807) is 6.08 Å². The smallest absolute Gasteiger partial charge is 0.331 e. The van der Waals surface area contributed by atoms with Gasteiger partial charge in [0.1, 0.15) is 0 Å². The second-order valence-corrected chi connectivity index (χ2v) is 5.35. The zero-order chi connectivity index (χ0) is 11.9. The normalized spacial score (nSPS) is 17.2. The molecule has 1 heterocycles. The van der Waals surface area contributed by atoms with Gasteiger partial charge in [-0.15, -0.1) is 0 Å². The standard InChI is InChI=1S/C13H10O3S/c14-17(15)9-3-5-11-8-7-10-4-1-2-6-12(10)13(11)16-17/h1-4,6-9H,5H2. The summed E-state index contributed by atoms with van der Waals surface area (Å²) in [6.07, 6.45) is 2.18. The average molecular weight is 246 g/mol. The minimum Gasteiger partial charge on any atom is -0.378 e. The number of fused-ring (bicyclic) bond motifs is 3. The highest BCUT2D eigenvalue weighted by molar-refractivity contribution is 7.90. The molecule has 17 heavy (non-hydrogen) atoms. The maximum atomic E-state index is 11.6. The molecule has 1 aliphatic heterocycles. The molecule has 4 heteroatoms.